The summed E-state index contributed by atoms with van der Waals surface area (Å²) in [5.74, 6) is -0.638. The molecule has 5 nitrogen and oxygen atoms in total. The molecule has 1 fully saturated rings. The summed E-state index contributed by atoms with van der Waals surface area (Å²) < 4.78 is 38.1. The van der Waals surface area contributed by atoms with Crippen molar-refractivity contribution >= 4 is 21.6 Å². The van der Waals surface area contributed by atoms with Gasteiger partial charge in [0.2, 0.25) is 10.0 Å². The van der Waals surface area contributed by atoms with E-state index in [0.29, 0.717) is 0 Å². The van der Waals surface area contributed by atoms with Crippen LogP contribution in [0.4, 0.5) is 4.39 Å². The minimum Gasteiger partial charge on any atom is -0.389 e. The van der Waals surface area contributed by atoms with E-state index in [1.807, 2.05) is 0 Å². The fourth-order valence-electron chi connectivity index (χ4n) is 1.75. The highest BCUT2D eigenvalue weighted by molar-refractivity contribution is 7.89. The van der Waals surface area contributed by atoms with Crippen LogP contribution in [0.1, 0.15) is 0 Å². The average Bonchev–Trinajstić information content (AvgIpc) is 2.59. The summed E-state index contributed by atoms with van der Waals surface area (Å²) in [6, 6.07) is 2.95. The molecular formula is C10H11ClFNO4S. The van der Waals surface area contributed by atoms with Gasteiger partial charge in [-0.25, -0.2) is 12.8 Å². The third kappa shape index (κ3) is 2.36. The van der Waals surface area contributed by atoms with Gasteiger partial charge in [0.15, 0.2) is 0 Å². The molecule has 1 aromatic carbocycles. The fourth-order valence-corrected chi connectivity index (χ4v) is 3.74. The van der Waals surface area contributed by atoms with Crippen LogP contribution in [0.25, 0.3) is 0 Å². The molecule has 0 radical (unpaired) electrons. The summed E-state index contributed by atoms with van der Waals surface area (Å²) in [5.41, 5.74) is 0. The molecule has 2 N–H and O–H groups in total. The van der Waals surface area contributed by atoms with E-state index in [9.17, 15) is 23.0 Å². The van der Waals surface area contributed by atoms with Gasteiger partial charge >= 0.3 is 0 Å². The second kappa shape index (κ2) is 4.75. The number of aliphatic hydroxyl groups is 2. The predicted molar refractivity (Wildman–Crippen MR) is 62.2 cm³/mol. The Bertz CT molecular complexity index is 555. The van der Waals surface area contributed by atoms with Gasteiger partial charge in [0.1, 0.15) is 10.7 Å². The molecule has 1 heterocycles. The zero-order chi connectivity index (χ0) is 13.5. The normalized spacial score (nSPS) is 25.6. The monoisotopic (exact) mass is 295 g/mol. The molecule has 1 aliphatic heterocycles. The van der Waals surface area contributed by atoms with Crippen molar-refractivity contribution in [1.82, 2.24) is 4.31 Å². The Balaban J connectivity index is 2.37. The molecule has 0 unspecified atom stereocenters. The van der Waals surface area contributed by atoms with Gasteiger partial charge in [-0.05, 0) is 18.2 Å². The molecule has 1 aromatic rings. The molecule has 0 aromatic heterocycles. The second-order valence-corrected chi connectivity index (χ2v) is 6.35. The van der Waals surface area contributed by atoms with E-state index in [2.05, 4.69) is 0 Å². The van der Waals surface area contributed by atoms with Gasteiger partial charge in [-0.15, -0.1) is 0 Å². The van der Waals surface area contributed by atoms with Crippen molar-refractivity contribution in [1.29, 1.82) is 0 Å². The van der Waals surface area contributed by atoms with E-state index in [0.717, 1.165) is 22.5 Å². The molecule has 100 valence electrons. The predicted octanol–water partition coefficient (Wildman–Crippen LogP) is 0.205. The first-order valence-electron chi connectivity index (χ1n) is 5.13. The molecule has 0 spiro atoms. The SMILES string of the molecule is O=S(=O)(c1ccc(F)cc1Cl)N1C[C@@H](O)[C@@H](O)C1. The van der Waals surface area contributed by atoms with E-state index >= 15 is 0 Å². The minimum absolute atomic E-state index is 0.211. The van der Waals surface area contributed by atoms with Crippen LogP contribution in [0.5, 0.6) is 0 Å². The first kappa shape index (κ1) is 13.7. The Hall–Kier alpha value is -0.730. The van der Waals surface area contributed by atoms with E-state index in [-0.39, 0.29) is 23.0 Å². The first-order chi connectivity index (χ1) is 8.32. The van der Waals surface area contributed by atoms with Crippen LogP contribution in [0.15, 0.2) is 23.1 Å². The molecule has 1 saturated heterocycles. The number of benzene rings is 1. The number of hydrogen-bond donors (Lipinski definition) is 2. The molecule has 0 amide bonds. The van der Waals surface area contributed by atoms with Crippen molar-refractivity contribution in [2.24, 2.45) is 0 Å². The lowest BCUT2D eigenvalue weighted by atomic mass is 10.3. The molecule has 18 heavy (non-hydrogen) atoms. The highest BCUT2D eigenvalue weighted by atomic mass is 35.5. The average molecular weight is 296 g/mol. The van der Waals surface area contributed by atoms with Crippen molar-refractivity contribution in [3.05, 3.63) is 29.0 Å². The number of halogens is 2. The van der Waals surface area contributed by atoms with Gasteiger partial charge in [-0.1, -0.05) is 11.6 Å². The molecule has 0 aliphatic carbocycles. The molecule has 2 rings (SSSR count). The van der Waals surface area contributed by atoms with Gasteiger partial charge in [-0.3, -0.25) is 0 Å². The number of rotatable bonds is 2. The summed E-state index contributed by atoms with van der Waals surface area (Å²) in [6.07, 6.45) is -2.25. The van der Waals surface area contributed by atoms with Gasteiger partial charge < -0.3 is 10.2 Å². The summed E-state index contributed by atoms with van der Waals surface area (Å²) in [6.45, 7) is -0.422. The van der Waals surface area contributed by atoms with Crippen LogP contribution in [-0.2, 0) is 10.0 Å². The van der Waals surface area contributed by atoms with Crippen LogP contribution in [0.3, 0.4) is 0 Å². The van der Waals surface area contributed by atoms with Gasteiger partial charge in [0.25, 0.3) is 0 Å². The largest absolute Gasteiger partial charge is 0.389 e. The van der Waals surface area contributed by atoms with Crippen molar-refractivity contribution in [2.75, 3.05) is 13.1 Å². The van der Waals surface area contributed by atoms with Crippen LogP contribution in [0.2, 0.25) is 5.02 Å². The number of hydrogen-bond acceptors (Lipinski definition) is 4. The number of sulfonamides is 1. The van der Waals surface area contributed by atoms with E-state index in [1.165, 1.54) is 0 Å². The lowest BCUT2D eigenvalue weighted by Gasteiger charge is -2.16. The molecule has 8 heteroatoms. The summed E-state index contributed by atoms with van der Waals surface area (Å²) in [7, 11) is -3.94. The minimum atomic E-state index is -3.94. The Morgan fingerprint density at radius 1 is 1.28 bits per heavy atom. The maximum Gasteiger partial charge on any atom is 0.244 e. The number of β-amino-alcohol motifs (C(OH)–C–C–N with tert-alkyl or cyclic N) is 2. The molecule has 0 saturated carbocycles. The van der Waals surface area contributed by atoms with Gasteiger partial charge in [0, 0.05) is 13.1 Å². The van der Waals surface area contributed by atoms with Gasteiger partial charge in [0.05, 0.1) is 17.2 Å². The lowest BCUT2D eigenvalue weighted by Crippen LogP contribution is -2.30. The van der Waals surface area contributed by atoms with Crippen molar-refractivity contribution < 1.29 is 23.0 Å². The zero-order valence-corrected chi connectivity index (χ0v) is 10.7. The van der Waals surface area contributed by atoms with Gasteiger partial charge in [-0.2, -0.15) is 4.31 Å². The third-order valence-electron chi connectivity index (χ3n) is 2.74. The second-order valence-electron chi connectivity index (χ2n) is 4.03. The molecular weight excluding hydrogens is 285 g/mol. The highest BCUT2D eigenvalue weighted by Gasteiger charge is 2.38. The maximum absolute atomic E-state index is 12.9. The van der Waals surface area contributed by atoms with E-state index in [4.69, 9.17) is 11.6 Å². The molecule has 0 bridgehead atoms. The van der Waals surface area contributed by atoms with Crippen molar-refractivity contribution in [3.8, 4) is 0 Å². The Morgan fingerprint density at radius 3 is 2.33 bits per heavy atom. The summed E-state index contributed by atoms with van der Waals surface area (Å²) >= 11 is 5.69. The number of aliphatic hydroxyl groups excluding tert-OH is 2. The zero-order valence-electron chi connectivity index (χ0n) is 9.12. The van der Waals surface area contributed by atoms with Crippen LogP contribution < -0.4 is 0 Å². The van der Waals surface area contributed by atoms with Crippen LogP contribution in [0, 0.1) is 5.82 Å². The Labute approximate surface area is 108 Å². The summed E-state index contributed by atoms with van der Waals surface area (Å²) in [4.78, 5) is -0.244. The third-order valence-corrected chi connectivity index (χ3v) is 5.05. The Kier molecular flexibility index (Phi) is 3.61. The highest BCUT2D eigenvalue weighted by Crippen LogP contribution is 2.27. The number of nitrogens with zero attached hydrogens (tertiary/aromatic N) is 1. The molecule has 1 aliphatic rings. The Morgan fingerprint density at radius 2 is 1.83 bits per heavy atom. The quantitative estimate of drug-likeness (QED) is 0.817. The topological polar surface area (TPSA) is 77.8 Å². The van der Waals surface area contributed by atoms with Crippen LogP contribution >= 0.6 is 11.6 Å². The lowest BCUT2D eigenvalue weighted by molar-refractivity contribution is 0.0572. The van der Waals surface area contributed by atoms with Crippen LogP contribution in [-0.4, -0.2) is 48.2 Å². The standard InChI is InChI=1S/C10H11ClFNO4S/c11-7-3-6(12)1-2-10(7)18(16,17)13-4-8(14)9(15)5-13/h1-3,8-9,14-15H,4-5H2/t8-,9+. The fraction of sp³-hybridized carbons (Fsp3) is 0.400. The van der Waals surface area contributed by atoms with Crippen molar-refractivity contribution in [2.45, 2.75) is 17.1 Å². The smallest absolute Gasteiger partial charge is 0.244 e. The van der Waals surface area contributed by atoms with Crippen molar-refractivity contribution in [3.63, 3.8) is 0 Å². The molecule has 2 atom stereocenters. The first-order valence-corrected chi connectivity index (χ1v) is 6.95. The maximum atomic E-state index is 12.9. The van der Waals surface area contributed by atoms with E-state index in [1.54, 1.807) is 0 Å². The summed E-state index contributed by atoms with van der Waals surface area (Å²) in [5, 5.41) is 18.5. The van der Waals surface area contributed by atoms with E-state index < -0.39 is 28.0 Å².